The van der Waals surface area contributed by atoms with E-state index in [-0.39, 0.29) is 0 Å². The minimum absolute atomic E-state index is 0.762. The molecule has 1 aromatic heterocycles. The lowest BCUT2D eigenvalue weighted by molar-refractivity contribution is 0.568. The number of fused-ring (bicyclic) bond motifs is 1. The molecule has 0 unspecified atom stereocenters. The zero-order valence-corrected chi connectivity index (χ0v) is 14.7. The number of nitrogens with zero attached hydrogens (tertiary/aromatic N) is 3. The fraction of sp³-hybridized carbons (Fsp3) is 0.286. The van der Waals surface area contributed by atoms with Gasteiger partial charge in [-0.3, -0.25) is 4.99 Å². The largest absolute Gasteiger partial charge is 0.399 e. The molecule has 0 radical (unpaired) electrons. The summed E-state index contributed by atoms with van der Waals surface area (Å²) in [5.74, 6) is 1.28. The predicted octanol–water partition coefficient (Wildman–Crippen LogP) is 4.50. The molecule has 0 saturated carbocycles. The predicted molar refractivity (Wildman–Crippen MR) is 107 cm³/mol. The molecule has 2 aromatic carbocycles. The van der Waals surface area contributed by atoms with Crippen LogP contribution in [0.15, 0.2) is 53.5 Å². The highest BCUT2D eigenvalue weighted by molar-refractivity contribution is 6.06. The summed E-state index contributed by atoms with van der Waals surface area (Å²) in [7, 11) is 2.16. The Morgan fingerprint density at radius 1 is 0.960 bits per heavy atom. The Hall–Kier alpha value is -2.75. The number of nitrogens with two attached hydrogens (primary N) is 1. The molecule has 4 heteroatoms. The van der Waals surface area contributed by atoms with Crippen LogP contribution in [0.2, 0.25) is 0 Å². The van der Waals surface area contributed by atoms with Gasteiger partial charge in [0.1, 0.15) is 5.82 Å². The second-order valence-corrected chi connectivity index (χ2v) is 6.71. The van der Waals surface area contributed by atoms with Crippen molar-refractivity contribution in [2.75, 3.05) is 23.7 Å². The Morgan fingerprint density at radius 3 is 2.44 bits per heavy atom. The zero-order valence-electron chi connectivity index (χ0n) is 14.7. The average molecular weight is 332 g/mol. The maximum atomic E-state index is 5.77. The molecule has 1 fully saturated rings. The van der Waals surface area contributed by atoms with Crippen molar-refractivity contribution >= 4 is 34.3 Å². The van der Waals surface area contributed by atoms with E-state index >= 15 is 0 Å². The van der Waals surface area contributed by atoms with Gasteiger partial charge in [0, 0.05) is 43.0 Å². The van der Waals surface area contributed by atoms with Crippen LogP contribution < -0.4 is 10.6 Å². The van der Waals surface area contributed by atoms with Crippen LogP contribution in [0.4, 0.5) is 17.2 Å². The van der Waals surface area contributed by atoms with Crippen LogP contribution in [0.5, 0.6) is 0 Å². The maximum Gasteiger partial charge on any atom is 0.118 e. The third kappa shape index (κ3) is 3.00. The highest BCUT2D eigenvalue weighted by Crippen LogP contribution is 2.32. The van der Waals surface area contributed by atoms with Crippen LogP contribution in [0, 0.1) is 0 Å². The van der Waals surface area contributed by atoms with Gasteiger partial charge in [0.25, 0.3) is 0 Å². The zero-order chi connectivity index (χ0) is 17.2. The van der Waals surface area contributed by atoms with Crippen LogP contribution in [0.25, 0.3) is 10.9 Å². The Labute approximate surface area is 148 Å². The molecular formula is C21H24N4. The molecule has 4 nitrogen and oxygen atoms in total. The lowest BCUT2D eigenvalue weighted by atomic mass is 10.1. The van der Waals surface area contributed by atoms with Gasteiger partial charge in [-0.15, -0.1) is 0 Å². The number of rotatable bonds is 3. The van der Waals surface area contributed by atoms with Gasteiger partial charge in [0.05, 0.1) is 11.2 Å². The summed E-state index contributed by atoms with van der Waals surface area (Å²) in [6.07, 6.45) is 5.86. The Bertz CT molecular complexity index is 900. The van der Waals surface area contributed by atoms with Crippen molar-refractivity contribution in [3.8, 4) is 0 Å². The SMILES string of the molecule is Cn1c(N2CCCCC2)c(C=Nc2ccc(N)cc2)c2ccccc21. The van der Waals surface area contributed by atoms with E-state index in [4.69, 9.17) is 10.7 Å². The minimum atomic E-state index is 0.762. The summed E-state index contributed by atoms with van der Waals surface area (Å²) in [4.78, 5) is 7.22. The van der Waals surface area contributed by atoms with Crippen molar-refractivity contribution in [2.45, 2.75) is 19.3 Å². The molecule has 1 aliphatic rings. The highest BCUT2D eigenvalue weighted by atomic mass is 15.2. The first-order chi connectivity index (χ1) is 12.2. The molecule has 0 aliphatic carbocycles. The number of aliphatic imine (C=N–C) groups is 1. The number of nitrogen functional groups attached to an aromatic ring is 1. The van der Waals surface area contributed by atoms with E-state index in [1.54, 1.807) is 0 Å². The number of anilines is 2. The lowest BCUT2D eigenvalue weighted by Crippen LogP contribution is -2.31. The summed E-state index contributed by atoms with van der Waals surface area (Å²) in [6, 6.07) is 16.3. The van der Waals surface area contributed by atoms with Gasteiger partial charge in [0.2, 0.25) is 0 Å². The first-order valence-electron chi connectivity index (χ1n) is 8.96. The van der Waals surface area contributed by atoms with E-state index < -0.39 is 0 Å². The molecule has 2 N–H and O–H groups in total. The molecular weight excluding hydrogens is 308 g/mol. The standard InChI is InChI=1S/C21H24N4/c1-24-20-8-4-3-7-18(20)19(21(24)25-13-5-2-6-14-25)15-23-17-11-9-16(22)10-12-17/h3-4,7-12,15H,2,5-6,13-14,22H2,1H3. The molecule has 3 aromatic rings. The summed E-state index contributed by atoms with van der Waals surface area (Å²) in [5.41, 5.74) is 9.91. The first kappa shape index (κ1) is 15.8. The van der Waals surface area contributed by atoms with Crippen molar-refractivity contribution < 1.29 is 0 Å². The smallest absolute Gasteiger partial charge is 0.118 e. The fourth-order valence-electron chi connectivity index (χ4n) is 3.72. The highest BCUT2D eigenvalue weighted by Gasteiger charge is 2.20. The second kappa shape index (κ2) is 6.63. The van der Waals surface area contributed by atoms with Crippen LogP contribution in [-0.2, 0) is 7.05 Å². The monoisotopic (exact) mass is 332 g/mol. The molecule has 128 valence electrons. The Morgan fingerprint density at radius 2 is 1.68 bits per heavy atom. The summed E-state index contributed by atoms with van der Waals surface area (Å²) < 4.78 is 2.31. The Balaban J connectivity index is 1.81. The van der Waals surface area contributed by atoms with Gasteiger partial charge in [-0.25, -0.2) is 0 Å². The van der Waals surface area contributed by atoms with Gasteiger partial charge in [0.15, 0.2) is 0 Å². The van der Waals surface area contributed by atoms with Crippen LogP contribution >= 0.6 is 0 Å². The quantitative estimate of drug-likeness (QED) is 0.567. The number of piperidine rings is 1. The van der Waals surface area contributed by atoms with Crippen LogP contribution in [0.3, 0.4) is 0 Å². The second-order valence-electron chi connectivity index (χ2n) is 6.71. The number of hydrogen-bond donors (Lipinski definition) is 1. The van der Waals surface area contributed by atoms with E-state index in [1.807, 2.05) is 30.5 Å². The van der Waals surface area contributed by atoms with Crippen LogP contribution in [-0.4, -0.2) is 23.9 Å². The van der Waals surface area contributed by atoms with Gasteiger partial charge in [-0.1, -0.05) is 18.2 Å². The van der Waals surface area contributed by atoms with Crippen molar-refractivity contribution in [3.63, 3.8) is 0 Å². The molecule has 0 amide bonds. The number of aromatic nitrogens is 1. The molecule has 4 rings (SSSR count). The Kier molecular flexibility index (Phi) is 4.18. The molecule has 0 atom stereocenters. The molecule has 25 heavy (non-hydrogen) atoms. The molecule has 2 heterocycles. The van der Waals surface area contributed by atoms with Crippen LogP contribution in [0.1, 0.15) is 24.8 Å². The van der Waals surface area contributed by atoms with Gasteiger partial charge in [-0.05, 0) is 49.6 Å². The van der Waals surface area contributed by atoms with E-state index in [9.17, 15) is 0 Å². The van der Waals surface area contributed by atoms with E-state index in [0.29, 0.717) is 0 Å². The maximum absolute atomic E-state index is 5.77. The number of aryl methyl sites for hydroxylation is 1. The summed E-state index contributed by atoms with van der Waals surface area (Å²) >= 11 is 0. The summed E-state index contributed by atoms with van der Waals surface area (Å²) in [6.45, 7) is 2.24. The normalized spacial score (nSPS) is 15.3. The van der Waals surface area contributed by atoms with Crippen molar-refractivity contribution in [1.82, 2.24) is 4.57 Å². The number of benzene rings is 2. The minimum Gasteiger partial charge on any atom is -0.399 e. The van der Waals surface area contributed by atoms with Crippen molar-refractivity contribution in [1.29, 1.82) is 0 Å². The fourth-order valence-corrected chi connectivity index (χ4v) is 3.72. The lowest BCUT2D eigenvalue weighted by Gasteiger charge is -2.29. The molecule has 0 spiro atoms. The van der Waals surface area contributed by atoms with Gasteiger partial charge >= 0.3 is 0 Å². The van der Waals surface area contributed by atoms with Gasteiger partial charge in [-0.2, -0.15) is 0 Å². The van der Waals surface area contributed by atoms with Crippen molar-refractivity contribution in [3.05, 3.63) is 54.1 Å². The molecule has 1 saturated heterocycles. The number of para-hydroxylation sites is 1. The number of hydrogen-bond acceptors (Lipinski definition) is 3. The van der Waals surface area contributed by atoms with E-state index in [2.05, 4.69) is 40.8 Å². The molecule has 0 bridgehead atoms. The van der Waals surface area contributed by atoms with Gasteiger partial charge < -0.3 is 15.2 Å². The van der Waals surface area contributed by atoms with E-state index in [1.165, 1.54) is 41.5 Å². The summed E-state index contributed by atoms with van der Waals surface area (Å²) in [5, 5.41) is 1.25. The topological polar surface area (TPSA) is 46.5 Å². The molecule has 1 aliphatic heterocycles. The van der Waals surface area contributed by atoms with E-state index in [0.717, 1.165) is 24.5 Å². The third-order valence-corrected chi connectivity index (χ3v) is 5.01. The van der Waals surface area contributed by atoms with Crippen molar-refractivity contribution in [2.24, 2.45) is 12.0 Å². The first-order valence-corrected chi connectivity index (χ1v) is 8.96. The third-order valence-electron chi connectivity index (χ3n) is 5.01. The average Bonchev–Trinajstić information content (AvgIpc) is 2.94.